The molecule has 6 rings (SSSR count). The van der Waals surface area contributed by atoms with Crippen molar-refractivity contribution in [1.82, 2.24) is 0 Å². The minimum atomic E-state index is -3.72. The van der Waals surface area contributed by atoms with Crippen molar-refractivity contribution in [3.63, 3.8) is 0 Å². The molecule has 1 aliphatic rings. The van der Waals surface area contributed by atoms with Gasteiger partial charge in [0.15, 0.2) is 5.60 Å². The number of para-hydroxylation sites is 1. The molecule has 4 N–H and O–H groups in total. The Morgan fingerprint density at radius 1 is 0.627 bits per heavy atom. The summed E-state index contributed by atoms with van der Waals surface area (Å²) in [5, 5.41) is 49.3. The molecule has 1 saturated heterocycles. The summed E-state index contributed by atoms with van der Waals surface area (Å²) in [7, 11) is 1.55. The lowest BCUT2D eigenvalue weighted by Crippen LogP contribution is -2.87. The number of Topliss-reactive ketones (excluding diaryl/α,β-unsaturated/α-hetero) is 3. The van der Waals surface area contributed by atoms with E-state index in [0.717, 1.165) is 5.56 Å². The van der Waals surface area contributed by atoms with Crippen LogP contribution >= 0.6 is 0 Å². The molecular weight excluding hydrogens is 652 g/mol. The van der Waals surface area contributed by atoms with Gasteiger partial charge in [-0.25, -0.2) is 0 Å². The van der Waals surface area contributed by atoms with Gasteiger partial charge in [0.05, 0.1) is 13.7 Å². The van der Waals surface area contributed by atoms with Crippen LogP contribution in [0.4, 0.5) is 0 Å². The van der Waals surface area contributed by atoms with E-state index < -0.39 is 53.2 Å². The van der Waals surface area contributed by atoms with Crippen molar-refractivity contribution in [2.45, 2.75) is 35.6 Å². The van der Waals surface area contributed by atoms with Gasteiger partial charge in [0.25, 0.3) is 0 Å². The zero-order chi connectivity index (χ0) is 36.2. The number of ketones is 3. The number of ether oxygens (including phenoxy) is 3. The highest BCUT2D eigenvalue weighted by Crippen LogP contribution is 2.50. The molecular formula is C41H36O10. The molecule has 0 spiro atoms. The summed E-state index contributed by atoms with van der Waals surface area (Å²) in [6.07, 6.45) is -4.06. The molecule has 0 radical (unpaired) electrons. The van der Waals surface area contributed by atoms with E-state index in [9.17, 15) is 34.8 Å². The lowest BCUT2D eigenvalue weighted by atomic mass is 9.58. The minimum absolute atomic E-state index is 0.0867. The first-order valence-corrected chi connectivity index (χ1v) is 16.2. The average molecular weight is 689 g/mol. The van der Waals surface area contributed by atoms with E-state index in [4.69, 9.17) is 14.2 Å². The molecule has 1 aliphatic heterocycles. The van der Waals surface area contributed by atoms with Crippen LogP contribution in [0.2, 0.25) is 0 Å². The molecule has 260 valence electrons. The monoisotopic (exact) mass is 688 g/mol. The average Bonchev–Trinajstić information content (AvgIpc) is 3.19. The van der Waals surface area contributed by atoms with Gasteiger partial charge in [0.1, 0.15) is 17.6 Å². The predicted octanol–water partition coefficient (Wildman–Crippen LogP) is 4.22. The molecule has 0 aliphatic carbocycles. The van der Waals surface area contributed by atoms with Gasteiger partial charge in [-0.3, -0.25) is 14.4 Å². The summed E-state index contributed by atoms with van der Waals surface area (Å²) in [5.74, 6) is -3.22. The number of benzene rings is 5. The fraction of sp³-hybridized carbons (Fsp3) is 0.195. The standard InChI is InChI=1S/C41H36O10/c1-49-32-23-21-27(22-24-32)25-31-19-11-12-20-33(31)50-38-40(47,36(44)29-15-7-3-8-16-29)41(48,37(45)30-17-9-4-10-18-30)39(46,34(26-42)51-38)35(43)28-13-5-2-6-14-28/h2-24,34,38,42,46-48H,25-26H2,1H3/t34-,38+,39+,40+,41+/m1/s1. The number of hydrogen-bond donors (Lipinski definition) is 4. The van der Waals surface area contributed by atoms with E-state index >= 15 is 0 Å². The highest BCUT2D eigenvalue weighted by molar-refractivity contribution is 6.18. The summed E-state index contributed by atoms with van der Waals surface area (Å²) in [5.41, 5.74) is -9.92. The zero-order valence-corrected chi connectivity index (χ0v) is 27.6. The van der Waals surface area contributed by atoms with E-state index in [1.807, 2.05) is 12.1 Å². The van der Waals surface area contributed by atoms with Crippen LogP contribution in [0.25, 0.3) is 0 Å². The number of aliphatic hydroxyl groups is 4. The summed E-state index contributed by atoms with van der Waals surface area (Å²) in [6, 6.07) is 35.5. The van der Waals surface area contributed by atoms with E-state index in [0.29, 0.717) is 17.7 Å². The molecule has 0 unspecified atom stereocenters. The maximum atomic E-state index is 14.8. The van der Waals surface area contributed by atoms with Gasteiger partial charge in [-0.2, -0.15) is 0 Å². The quantitative estimate of drug-likeness (QED) is 0.140. The molecule has 1 fully saturated rings. The summed E-state index contributed by atoms with van der Waals surface area (Å²) < 4.78 is 17.6. The molecule has 5 atom stereocenters. The van der Waals surface area contributed by atoms with Crippen LogP contribution in [0.5, 0.6) is 11.5 Å². The van der Waals surface area contributed by atoms with Crippen molar-refractivity contribution < 1.29 is 49.0 Å². The van der Waals surface area contributed by atoms with Crippen molar-refractivity contribution in [2.24, 2.45) is 0 Å². The lowest BCUT2D eigenvalue weighted by Gasteiger charge is -2.57. The number of aliphatic hydroxyl groups excluding tert-OH is 1. The van der Waals surface area contributed by atoms with Crippen molar-refractivity contribution >= 4 is 17.3 Å². The van der Waals surface area contributed by atoms with E-state index in [-0.39, 0.29) is 22.4 Å². The Morgan fingerprint density at radius 2 is 1.10 bits per heavy atom. The van der Waals surface area contributed by atoms with Crippen LogP contribution in [-0.2, 0) is 11.2 Å². The molecule has 0 bridgehead atoms. The van der Waals surface area contributed by atoms with Crippen LogP contribution in [0.3, 0.4) is 0 Å². The first kappa shape index (κ1) is 35.3. The van der Waals surface area contributed by atoms with Crippen LogP contribution in [0, 0.1) is 0 Å². The van der Waals surface area contributed by atoms with Crippen molar-refractivity contribution in [3.05, 3.63) is 167 Å². The minimum Gasteiger partial charge on any atom is -0.497 e. The molecule has 10 heteroatoms. The van der Waals surface area contributed by atoms with Crippen LogP contribution in [-0.4, -0.2) is 80.7 Å². The molecule has 0 amide bonds. The topological polar surface area (TPSA) is 160 Å². The normalized spacial score (nSPS) is 24.3. The van der Waals surface area contributed by atoms with Gasteiger partial charge in [0, 0.05) is 23.1 Å². The van der Waals surface area contributed by atoms with Gasteiger partial charge >= 0.3 is 0 Å². The maximum Gasteiger partial charge on any atom is 0.240 e. The maximum absolute atomic E-state index is 14.8. The van der Waals surface area contributed by atoms with Crippen LogP contribution in [0.15, 0.2) is 140 Å². The molecule has 0 aromatic heterocycles. The second-order valence-corrected chi connectivity index (χ2v) is 12.2. The second-order valence-electron chi connectivity index (χ2n) is 12.2. The van der Waals surface area contributed by atoms with Gasteiger partial charge < -0.3 is 34.6 Å². The van der Waals surface area contributed by atoms with Crippen LogP contribution < -0.4 is 9.47 Å². The van der Waals surface area contributed by atoms with E-state index in [1.54, 1.807) is 55.6 Å². The van der Waals surface area contributed by atoms with Gasteiger partial charge in [-0.1, -0.05) is 121 Å². The molecule has 51 heavy (non-hydrogen) atoms. The van der Waals surface area contributed by atoms with Crippen LogP contribution in [0.1, 0.15) is 42.2 Å². The smallest absolute Gasteiger partial charge is 0.240 e. The molecule has 10 nitrogen and oxygen atoms in total. The largest absolute Gasteiger partial charge is 0.497 e. The Hall–Kier alpha value is -5.49. The first-order valence-electron chi connectivity index (χ1n) is 16.2. The fourth-order valence-electron chi connectivity index (χ4n) is 6.52. The predicted molar refractivity (Wildman–Crippen MR) is 186 cm³/mol. The van der Waals surface area contributed by atoms with Gasteiger partial charge in [-0.05, 0) is 29.3 Å². The Labute approximate surface area is 294 Å². The SMILES string of the molecule is COc1ccc(Cc2ccccc2O[C@H]2O[C@H](CO)[C@](O)(C(=O)c3ccccc3)[C@@](O)(C(=O)c3ccccc3)[C@]2(O)C(=O)c2ccccc2)cc1. The number of hydrogen-bond acceptors (Lipinski definition) is 10. The zero-order valence-electron chi connectivity index (χ0n) is 27.6. The Bertz CT molecular complexity index is 2000. The molecule has 0 saturated carbocycles. The van der Waals surface area contributed by atoms with E-state index in [2.05, 4.69) is 0 Å². The third-order valence-corrected chi connectivity index (χ3v) is 9.25. The van der Waals surface area contributed by atoms with Crippen molar-refractivity contribution in [3.8, 4) is 11.5 Å². The Balaban J connectivity index is 1.57. The highest BCUT2D eigenvalue weighted by Gasteiger charge is 2.81. The third-order valence-electron chi connectivity index (χ3n) is 9.25. The summed E-state index contributed by atoms with van der Waals surface area (Å²) in [6.45, 7) is -1.14. The first-order chi connectivity index (χ1) is 24.6. The van der Waals surface area contributed by atoms with Crippen molar-refractivity contribution in [2.75, 3.05) is 13.7 Å². The summed E-state index contributed by atoms with van der Waals surface area (Å²) >= 11 is 0. The third kappa shape index (κ3) is 6.03. The van der Waals surface area contributed by atoms with Gasteiger partial charge in [-0.15, -0.1) is 0 Å². The van der Waals surface area contributed by atoms with E-state index in [1.165, 1.54) is 78.9 Å². The Kier molecular flexibility index (Phi) is 9.97. The molecule has 1 heterocycles. The molecule has 5 aromatic rings. The fourth-order valence-corrected chi connectivity index (χ4v) is 6.52. The van der Waals surface area contributed by atoms with Crippen molar-refractivity contribution in [1.29, 1.82) is 0 Å². The number of rotatable bonds is 12. The highest BCUT2D eigenvalue weighted by atomic mass is 16.7. The van der Waals surface area contributed by atoms with Gasteiger partial charge in [0.2, 0.25) is 34.8 Å². The number of carbonyl (C=O) groups is 3. The number of methoxy groups -OCH3 is 1. The summed E-state index contributed by atoms with van der Waals surface area (Å²) in [4.78, 5) is 43.9. The second kappa shape index (κ2) is 14.4. The Morgan fingerprint density at radius 3 is 1.61 bits per heavy atom. The number of carbonyl (C=O) groups excluding carboxylic acids is 3. The lowest BCUT2D eigenvalue weighted by molar-refractivity contribution is -0.341. The molecule has 5 aromatic carbocycles.